The molecule has 0 heterocycles. The molecule has 27 heavy (non-hydrogen) atoms. The van der Waals surface area contributed by atoms with Crippen molar-refractivity contribution in [1.29, 1.82) is 0 Å². The average Bonchev–Trinajstić information content (AvgIpc) is 2.65. The number of amides is 2. The molecule has 144 valence electrons. The van der Waals surface area contributed by atoms with E-state index >= 15 is 0 Å². The summed E-state index contributed by atoms with van der Waals surface area (Å²) in [7, 11) is -0.600. The number of halogens is 1. The van der Waals surface area contributed by atoms with Gasteiger partial charge in [-0.2, -0.15) is 0 Å². The second-order valence-electron chi connectivity index (χ2n) is 5.92. The Morgan fingerprint density at radius 1 is 0.852 bits per heavy atom. The van der Waals surface area contributed by atoms with Gasteiger partial charge < -0.3 is 10.6 Å². The van der Waals surface area contributed by atoms with Crippen molar-refractivity contribution in [3.8, 4) is 0 Å². The first-order chi connectivity index (χ1) is 12.7. The molecule has 2 aromatic rings. The summed E-state index contributed by atoms with van der Waals surface area (Å²) in [5.74, 6) is -1.52. The van der Waals surface area contributed by atoms with Crippen LogP contribution in [0.4, 0.5) is 0 Å². The quantitative estimate of drug-likeness (QED) is 0.707. The predicted molar refractivity (Wildman–Crippen MR) is 102 cm³/mol. The van der Waals surface area contributed by atoms with Crippen LogP contribution in [0, 0.1) is 0 Å². The second-order valence-corrected chi connectivity index (χ2v) is 8.51. The molecule has 0 aromatic heterocycles. The molecule has 2 amide bonds. The van der Waals surface area contributed by atoms with Gasteiger partial charge in [-0.1, -0.05) is 35.9 Å². The number of nitrogens with zero attached hydrogens (tertiary/aromatic N) is 1. The highest BCUT2D eigenvalue weighted by Crippen LogP contribution is 2.14. The van der Waals surface area contributed by atoms with Crippen molar-refractivity contribution < 1.29 is 18.0 Å². The largest absolute Gasteiger partial charge is 0.344 e. The molecule has 7 nitrogen and oxygen atoms in total. The zero-order valence-electron chi connectivity index (χ0n) is 14.9. The third-order valence-electron chi connectivity index (χ3n) is 3.73. The minimum atomic E-state index is -3.50. The molecule has 0 bridgehead atoms. The van der Waals surface area contributed by atoms with Gasteiger partial charge in [0.2, 0.25) is 10.0 Å². The highest BCUT2D eigenvalue weighted by atomic mass is 35.5. The molecule has 0 spiro atoms. The zero-order valence-corrected chi connectivity index (χ0v) is 16.5. The Morgan fingerprint density at radius 3 is 1.67 bits per heavy atom. The molecular formula is C18H20ClN3O4S. The number of hydrogen-bond donors (Lipinski definition) is 2. The third-order valence-corrected chi connectivity index (χ3v) is 5.81. The molecule has 0 aliphatic rings. The van der Waals surface area contributed by atoms with Gasteiger partial charge in [-0.25, -0.2) is 12.7 Å². The number of rotatable bonds is 6. The van der Waals surface area contributed by atoms with Gasteiger partial charge in [0.1, 0.15) is 0 Å². The molecule has 0 atom stereocenters. The fourth-order valence-corrected chi connectivity index (χ4v) is 3.15. The van der Waals surface area contributed by atoms with Gasteiger partial charge in [-0.15, -0.1) is 0 Å². The second kappa shape index (κ2) is 8.98. The summed E-state index contributed by atoms with van der Waals surface area (Å²) in [5.41, 5.74) is 1.49. The van der Waals surface area contributed by atoms with E-state index < -0.39 is 21.8 Å². The van der Waals surface area contributed by atoms with E-state index in [-0.39, 0.29) is 18.0 Å². The van der Waals surface area contributed by atoms with Crippen LogP contribution in [0.2, 0.25) is 5.02 Å². The van der Waals surface area contributed by atoms with Crippen molar-refractivity contribution in [1.82, 2.24) is 14.9 Å². The van der Waals surface area contributed by atoms with E-state index in [2.05, 4.69) is 10.6 Å². The van der Waals surface area contributed by atoms with Gasteiger partial charge in [0, 0.05) is 32.2 Å². The topological polar surface area (TPSA) is 95.6 Å². The van der Waals surface area contributed by atoms with Gasteiger partial charge in [-0.3, -0.25) is 9.59 Å². The molecule has 9 heteroatoms. The Balaban J connectivity index is 1.85. The van der Waals surface area contributed by atoms with E-state index in [4.69, 9.17) is 11.6 Å². The summed E-state index contributed by atoms with van der Waals surface area (Å²) in [4.78, 5) is 23.8. The normalized spacial score (nSPS) is 11.3. The lowest BCUT2D eigenvalue weighted by molar-refractivity contribution is -0.139. The van der Waals surface area contributed by atoms with E-state index in [1.54, 1.807) is 36.4 Å². The minimum absolute atomic E-state index is 0.107. The Bertz CT molecular complexity index is 911. The van der Waals surface area contributed by atoms with Gasteiger partial charge in [0.15, 0.2) is 0 Å². The summed E-state index contributed by atoms with van der Waals surface area (Å²) >= 11 is 5.79. The van der Waals surface area contributed by atoms with Gasteiger partial charge in [0.25, 0.3) is 0 Å². The Kier molecular flexibility index (Phi) is 6.95. The summed E-state index contributed by atoms with van der Waals surface area (Å²) in [6, 6.07) is 13.0. The van der Waals surface area contributed by atoms with Crippen LogP contribution in [0.1, 0.15) is 11.1 Å². The molecule has 0 aliphatic carbocycles. The highest BCUT2D eigenvalue weighted by molar-refractivity contribution is 7.89. The van der Waals surface area contributed by atoms with Crippen molar-refractivity contribution >= 4 is 33.4 Å². The smallest absolute Gasteiger partial charge is 0.309 e. The van der Waals surface area contributed by atoms with Crippen LogP contribution < -0.4 is 10.6 Å². The molecule has 0 unspecified atom stereocenters. The van der Waals surface area contributed by atoms with Crippen LogP contribution in [0.15, 0.2) is 53.4 Å². The Morgan fingerprint density at radius 2 is 1.26 bits per heavy atom. The molecular weight excluding hydrogens is 390 g/mol. The van der Waals surface area contributed by atoms with Crippen LogP contribution in [0.25, 0.3) is 0 Å². The standard InChI is InChI=1S/C18H20ClN3O4S/c1-22(2)27(25,26)16-9-5-14(6-10-16)12-21-18(24)17(23)20-11-13-3-7-15(19)8-4-13/h3-10H,11-12H2,1-2H3,(H,20,23)(H,21,24). The molecule has 0 aliphatic heterocycles. The Labute approximate surface area is 163 Å². The van der Waals surface area contributed by atoms with Gasteiger partial charge in [-0.05, 0) is 35.4 Å². The van der Waals surface area contributed by atoms with Crippen molar-refractivity contribution in [3.63, 3.8) is 0 Å². The first-order valence-electron chi connectivity index (χ1n) is 8.02. The number of benzene rings is 2. The highest BCUT2D eigenvalue weighted by Gasteiger charge is 2.17. The van der Waals surface area contributed by atoms with E-state index in [0.29, 0.717) is 10.6 Å². The fourth-order valence-electron chi connectivity index (χ4n) is 2.12. The maximum Gasteiger partial charge on any atom is 0.309 e. The number of carbonyl (C=O) groups excluding carboxylic acids is 2. The van der Waals surface area contributed by atoms with Gasteiger partial charge in [0.05, 0.1) is 4.90 Å². The van der Waals surface area contributed by atoms with Crippen molar-refractivity contribution in [2.75, 3.05) is 14.1 Å². The van der Waals surface area contributed by atoms with Crippen molar-refractivity contribution in [2.24, 2.45) is 0 Å². The lowest BCUT2D eigenvalue weighted by Gasteiger charge is -2.12. The van der Waals surface area contributed by atoms with Crippen LogP contribution in [-0.4, -0.2) is 38.6 Å². The number of hydrogen-bond acceptors (Lipinski definition) is 4. The molecule has 0 saturated carbocycles. The molecule has 2 N–H and O–H groups in total. The molecule has 2 aromatic carbocycles. The summed E-state index contributed by atoms with van der Waals surface area (Å²) in [6.07, 6.45) is 0. The van der Waals surface area contributed by atoms with Crippen LogP contribution >= 0.6 is 11.6 Å². The maximum absolute atomic E-state index is 12.0. The van der Waals surface area contributed by atoms with E-state index in [1.807, 2.05) is 0 Å². The lowest BCUT2D eigenvalue weighted by atomic mass is 10.2. The van der Waals surface area contributed by atoms with Crippen LogP contribution in [0.5, 0.6) is 0 Å². The average molecular weight is 410 g/mol. The Hall–Kier alpha value is -2.42. The summed E-state index contributed by atoms with van der Waals surface area (Å²) in [5, 5.41) is 5.60. The fraction of sp³-hybridized carbons (Fsp3) is 0.222. The van der Waals surface area contributed by atoms with Crippen molar-refractivity contribution in [3.05, 3.63) is 64.7 Å². The monoisotopic (exact) mass is 409 g/mol. The number of sulfonamides is 1. The summed E-state index contributed by atoms with van der Waals surface area (Å²) in [6.45, 7) is 0.315. The maximum atomic E-state index is 12.0. The van der Waals surface area contributed by atoms with E-state index in [0.717, 1.165) is 9.87 Å². The SMILES string of the molecule is CN(C)S(=O)(=O)c1ccc(CNC(=O)C(=O)NCc2ccc(Cl)cc2)cc1. The summed E-state index contributed by atoms with van der Waals surface area (Å²) < 4.78 is 25.1. The predicted octanol–water partition coefficient (Wildman–Crippen LogP) is 1.52. The third kappa shape index (κ3) is 5.78. The first kappa shape index (κ1) is 20.9. The van der Waals surface area contributed by atoms with Crippen LogP contribution in [0.3, 0.4) is 0 Å². The van der Waals surface area contributed by atoms with E-state index in [1.165, 1.54) is 26.2 Å². The molecule has 0 fully saturated rings. The minimum Gasteiger partial charge on any atom is -0.344 e. The zero-order chi connectivity index (χ0) is 20.0. The lowest BCUT2D eigenvalue weighted by Crippen LogP contribution is -2.39. The molecule has 2 rings (SSSR count). The molecule has 0 radical (unpaired) electrons. The number of nitrogens with one attached hydrogen (secondary N) is 2. The van der Waals surface area contributed by atoms with Crippen molar-refractivity contribution in [2.45, 2.75) is 18.0 Å². The first-order valence-corrected chi connectivity index (χ1v) is 9.84. The molecule has 0 saturated heterocycles. The van der Waals surface area contributed by atoms with Crippen LogP contribution in [-0.2, 0) is 32.7 Å². The van der Waals surface area contributed by atoms with E-state index in [9.17, 15) is 18.0 Å². The van der Waals surface area contributed by atoms with Gasteiger partial charge >= 0.3 is 11.8 Å². The number of carbonyl (C=O) groups is 2.